The molecule has 1 aromatic heterocycles. The van der Waals surface area contributed by atoms with Gasteiger partial charge < -0.3 is 5.32 Å². The van der Waals surface area contributed by atoms with Crippen molar-refractivity contribution in [1.29, 1.82) is 0 Å². The number of fused-ring (bicyclic) bond motifs is 1. The van der Waals surface area contributed by atoms with Gasteiger partial charge >= 0.3 is 0 Å². The summed E-state index contributed by atoms with van der Waals surface area (Å²) < 4.78 is 1.93. The SMILES string of the molecule is C[C@@H](NC(=O)c1nn(-c2ccccc2)c2c1CCC2)c1ccccc1. The minimum Gasteiger partial charge on any atom is -0.344 e. The van der Waals surface area contributed by atoms with Crippen LogP contribution >= 0.6 is 0 Å². The van der Waals surface area contributed by atoms with Gasteiger partial charge in [0.2, 0.25) is 0 Å². The van der Waals surface area contributed by atoms with Gasteiger partial charge in [0.25, 0.3) is 5.91 Å². The number of hydrogen-bond donors (Lipinski definition) is 1. The fraction of sp³-hybridized carbons (Fsp3) is 0.238. The van der Waals surface area contributed by atoms with Gasteiger partial charge in [0.1, 0.15) is 0 Å². The van der Waals surface area contributed by atoms with Gasteiger partial charge in [0.15, 0.2) is 5.69 Å². The van der Waals surface area contributed by atoms with E-state index in [1.165, 1.54) is 5.69 Å². The molecule has 0 bridgehead atoms. The average molecular weight is 331 g/mol. The van der Waals surface area contributed by atoms with Crippen LogP contribution in [0.3, 0.4) is 0 Å². The zero-order chi connectivity index (χ0) is 17.2. The van der Waals surface area contributed by atoms with Crippen molar-refractivity contribution < 1.29 is 4.79 Å². The van der Waals surface area contributed by atoms with E-state index in [1.54, 1.807) is 0 Å². The maximum absolute atomic E-state index is 12.8. The second-order valence-corrected chi connectivity index (χ2v) is 6.48. The molecule has 126 valence electrons. The van der Waals surface area contributed by atoms with Crippen LogP contribution in [0, 0.1) is 0 Å². The van der Waals surface area contributed by atoms with Crippen LogP contribution in [0.5, 0.6) is 0 Å². The number of hydrogen-bond acceptors (Lipinski definition) is 2. The summed E-state index contributed by atoms with van der Waals surface area (Å²) in [5, 5.41) is 7.75. The fourth-order valence-electron chi connectivity index (χ4n) is 3.49. The third kappa shape index (κ3) is 2.95. The minimum atomic E-state index is -0.0933. The molecule has 0 aliphatic heterocycles. The topological polar surface area (TPSA) is 46.9 Å². The molecular formula is C21H21N3O. The lowest BCUT2D eigenvalue weighted by molar-refractivity contribution is 0.0933. The van der Waals surface area contributed by atoms with E-state index in [2.05, 4.69) is 10.4 Å². The summed E-state index contributed by atoms with van der Waals surface area (Å²) >= 11 is 0. The Balaban J connectivity index is 1.64. The molecule has 4 rings (SSSR count). The monoisotopic (exact) mass is 331 g/mol. The van der Waals surface area contributed by atoms with E-state index in [0.717, 1.165) is 36.1 Å². The number of aromatic nitrogens is 2. The highest BCUT2D eigenvalue weighted by Gasteiger charge is 2.27. The van der Waals surface area contributed by atoms with Crippen LogP contribution in [0.4, 0.5) is 0 Å². The molecule has 0 saturated heterocycles. The molecule has 0 unspecified atom stereocenters. The molecule has 4 heteroatoms. The lowest BCUT2D eigenvalue weighted by Gasteiger charge is -2.13. The van der Waals surface area contributed by atoms with Crippen molar-refractivity contribution >= 4 is 5.91 Å². The third-order valence-electron chi connectivity index (χ3n) is 4.79. The van der Waals surface area contributed by atoms with Crippen LogP contribution in [-0.2, 0) is 12.8 Å². The Bertz CT molecular complexity index is 884. The lowest BCUT2D eigenvalue weighted by atomic mass is 10.1. The second-order valence-electron chi connectivity index (χ2n) is 6.48. The predicted molar refractivity (Wildman–Crippen MR) is 97.9 cm³/mol. The van der Waals surface area contributed by atoms with E-state index < -0.39 is 0 Å². The molecule has 0 spiro atoms. The number of carbonyl (C=O) groups excluding carboxylic acids is 1. The fourth-order valence-corrected chi connectivity index (χ4v) is 3.49. The van der Waals surface area contributed by atoms with Crippen LogP contribution in [0.25, 0.3) is 5.69 Å². The summed E-state index contributed by atoms with van der Waals surface area (Å²) in [5.41, 5.74) is 4.94. The molecule has 1 aliphatic carbocycles. The molecule has 1 atom stereocenters. The van der Waals surface area contributed by atoms with E-state index in [4.69, 9.17) is 0 Å². The highest BCUT2D eigenvalue weighted by Crippen LogP contribution is 2.28. The zero-order valence-corrected chi connectivity index (χ0v) is 14.3. The van der Waals surface area contributed by atoms with Crippen molar-refractivity contribution in [3.63, 3.8) is 0 Å². The van der Waals surface area contributed by atoms with Gasteiger partial charge in [-0.15, -0.1) is 0 Å². The molecule has 3 aromatic rings. The molecule has 4 nitrogen and oxygen atoms in total. The van der Waals surface area contributed by atoms with E-state index in [9.17, 15) is 4.79 Å². The summed E-state index contributed by atoms with van der Waals surface area (Å²) in [4.78, 5) is 12.8. The molecule has 1 aliphatic rings. The van der Waals surface area contributed by atoms with Crippen LogP contribution in [0.15, 0.2) is 60.7 Å². The van der Waals surface area contributed by atoms with E-state index in [0.29, 0.717) is 5.69 Å². The van der Waals surface area contributed by atoms with Gasteiger partial charge in [-0.25, -0.2) is 4.68 Å². The molecule has 25 heavy (non-hydrogen) atoms. The summed E-state index contributed by atoms with van der Waals surface area (Å²) in [6, 6.07) is 20.0. The first-order valence-electron chi connectivity index (χ1n) is 8.76. The van der Waals surface area contributed by atoms with Crippen molar-refractivity contribution in [1.82, 2.24) is 15.1 Å². The van der Waals surface area contributed by atoms with Crippen molar-refractivity contribution in [3.05, 3.63) is 83.2 Å². The Kier molecular flexibility index (Phi) is 4.10. The highest BCUT2D eigenvalue weighted by molar-refractivity contribution is 5.94. The maximum Gasteiger partial charge on any atom is 0.272 e. The number of nitrogens with one attached hydrogen (secondary N) is 1. The summed E-state index contributed by atoms with van der Waals surface area (Å²) in [7, 11) is 0. The first-order valence-corrected chi connectivity index (χ1v) is 8.76. The largest absolute Gasteiger partial charge is 0.344 e. The number of benzene rings is 2. The maximum atomic E-state index is 12.8. The van der Waals surface area contributed by atoms with Gasteiger partial charge in [0, 0.05) is 11.3 Å². The van der Waals surface area contributed by atoms with Crippen LogP contribution in [0.1, 0.15) is 46.7 Å². The number of nitrogens with zero attached hydrogens (tertiary/aromatic N) is 2. The average Bonchev–Trinajstić information content (AvgIpc) is 3.25. The van der Waals surface area contributed by atoms with Crippen molar-refractivity contribution in [2.45, 2.75) is 32.2 Å². The predicted octanol–water partition coefficient (Wildman–Crippen LogP) is 3.85. The molecule has 2 aromatic carbocycles. The molecule has 0 saturated carbocycles. The van der Waals surface area contributed by atoms with Gasteiger partial charge in [-0.3, -0.25) is 4.79 Å². The van der Waals surface area contributed by atoms with Crippen molar-refractivity contribution in [2.24, 2.45) is 0 Å². The number of para-hydroxylation sites is 1. The number of rotatable bonds is 4. The van der Waals surface area contributed by atoms with Gasteiger partial charge in [0.05, 0.1) is 11.7 Å². The van der Waals surface area contributed by atoms with E-state index in [-0.39, 0.29) is 11.9 Å². The van der Waals surface area contributed by atoms with E-state index in [1.807, 2.05) is 72.3 Å². The number of amides is 1. The van der Waals surface area contributed by atoms with Crippen molar-refractivity contribution in [3.8, 4) is 5.69 Å². The summed E-state index contributed by atoms with van der Waals surface area (Å²) in [6.07, 6.45) is 2.97. The molecular weight excluding hydrogens is 310 g/mol. The normalized spacial score (nSPS) is 14.1. The number of carbonyl (C=O) groups is 1. The Labute approximate surface area is 147 Å². The molecule has 1 N–H and O–H groups in total. The second kappa shape index (κ2) is 6.55. The van der Waals surface area contributed by atoms with Crippen LogP contribution < -0.4 is 5.32 Å². The summed E-state index contributed by atoms with van der Waals surface area (Å²) in [5.74, 6) is -0.0933. The summed E-state index contributed by atoms with van der Waals surface area (Å²) in [6.45, 7) is 2.00. The molecule has 1 heterocycles. The Hall–Kier alpha value is -2.88. The lowest BCUT2D eigenvalue weighted by Crippen LogP contribution is -2.27. The molecule has 1 amide bonds. The van der Waals surface area contributed by atoms with Gasteiger partial charge in [-0.1, -0.05) is 48.5 Å². The first kappa shape index (κ1) is 15.6. The Morgan fingerprint density at radius 1 is 1.04 bits per heavy atom. The molecule has 0 radical (unpaired) electrons. The third-order valence-corrected chi connectivity index (χ3v) is 4.79. The molecule has 0 fully saturated rings. The smallest absolute Gasteiger partial charge is 0.272 e. The quantitative estimate of drug-likeness (QED) is 0.789. The Morgan fingerprint density at radius 3 is 2.44 bits per heavy atom. The minimum absolute atomic E-state index is 0.0485. The van der Waals surface area contributed by atoms with Crippen LogP contribution in [0.2, 0.25) is 0 Å². The van der Waals surface area contributed by atoms with Gasteiger partial charge in [-0.05, 0) is 43.9 Å². The zero-order valence-electron chi connectivity index (χ0n) is 14.3. The van der Waals surface area contributed by atoms with Crippen molar-refractivity contribution in [2.75, 3.05) is 0 Å². The van der Waals surface area contributed by atoms with E-state index >= 15 is 0 Å². The van der Waals surface area contributed by atoms with Crippen LogP contribution in [-0.4, -0.2) is 15.7 Å². The Morgan fingerprint density at radius 2 is 1.72 bits per heavy atom. The standard InChI is InChI=1S/C21H21N3O/c1-15(16-9-4-2-5-10-16)22-21(25)20-18-13-8-14-19(18)24(23-20)17-11-6-3-7-12-17/h2-7,9-12,15H,8,13-14H2,1H3,(H,22,25)/t15-/m1/s1. The highest BCUT2D eigenvalue weighted by atomic mass is 16.2. The van der Waals surface area contributed by atoms with Gasteiger partial charge in [-0.2, -0.15) is 5.10 Å². The first-order chi connectivity index (χ1) is 12.2.